The van der Waals surface area contributed by atoms with Crippen LogP contribution in [0.2, 0.25) is 0 Å². The molecule has 6 nitrogen and oxygen atoms in total. The molecular weight excluding hydrogens is 443 g/mol. The number of nitrogens with zero attached hydrogens (tertiary/aromatic N) is 2. The second-order valence-corrected chi connectivity index (χ2v) is 7.23. The minimum Gasteiger partial charge on any atom is -0.378 e. The molecule has 2 aliphatic rings. The summed E-state index contributed by atoms with van der Waals surface area (Å²) in [6.07, 6.45) is 8.84. The lowest BCUT2D eigenvalue weighted by atomic mass is 9.55. The van der Waals surface area contributed by atoms with Crippen molar-refractivity contribution in [3.63, 3.8) is 0 Å². The molecule has 1 aromatic heterocycles. The van der Waals surface area contributed by atoms with Gasteiger partial charge in [-0.3, -0.25) is 4.99 Å². The summed E-state index contributed by atoms with van der Waals surface area (Å²) in [5.74, 6) is 1.67. The summed E-state index contributed by atoms with van der Waals surface area (Å²) in [6.45, 7) is 5.57. The van der Waals surface area contributed by atoms with E-state index in [-0.39, 0.29) is 29.4 Å². The number of guanidine groups is 1. The Morgan fingerprint density at radius 2 is 2.12 bits per heavy atom. The number of hydrogen-bond donors (Lipinski definition) is 2. The molecule has 0 amide bonds. The predicted molar refractivity (Wildman–Crippen MR) is 114 cm³/mol. The van der Waals surface area contributed by atoms with Gasteiger partial charge in [0.25, 0.3) is 0 Å². The first-order valence-corrected chi connectivity index (χ1v) is 9.75. The molecule has 1 heterocycles. The van der Waals surface area contributed by atoms with Crippen LogP contribution >= 0.6 is 24.0 Å². The second kappa shape index (κ2) is 9.92. The van der Waals surface area contributed by atoms with E-state index < -0.39 is 0 Å². The third-order valence-corrected chi connectivity index (χ3v) is 5.87. The molecule has 2 saturated carbocycles. The molecule has 0 radical (unpaired) electrons. The lowest BCUT2D eigenvalue weighted by Gasteiger charge is -2.57. The summed E-state index contributed by atoms with van der Waals surface area (Å²) >= 11 is 0. The van der Waals surface area contributed by atoms with E-state index in [9.17, 15) is 0 Å². The minimum absolute atomic E-state index is 0. The molecule has 0 bridgehead atoms. The molecule has 2 aliphatic carbocycles. The van der Waals surface area contributed by atoms with Gasteiger partial charge in [0, 0.05) is 31.2 Å². The van der Waals surface area contributed by atoms with E-state index in [1.54, 1.807) is 0 Å². The first-order chi connectivity index (χ1) is 12.2. The predicted octanol–water partition coefficient (Wildman–Crippen LogP) is 3.65. The van der Waals surface area contributed by atoms with Crippen molar-refractivity contribution in [2.75, 3.05) is 13.7 Å². The van der Waals surface area contributed by atoms with Gasteiger partial charge in [0.1, 0.15) is 0 Å². The maximum absolute atomic E-state index is 6.04. The van der Waals surface area contributed by atoms with E-state index in [1.165, 1.54) is 32.1 Å². The maximum Gasteiger partial charge on any atom is 0.191 e. The van der Waals surface area contributed by atoms with Gasteiger partial charge in [-0.1, -0.05) is 31.3 Å². The fourth-order valence-electron chi connectivity index (χ4n) is 4.40. The molecule has 148 valence electrons. The van der Waals surface area contributed by atoms with Crippen LogP contribution in [0, 0.1) is 5.41 Å². The Bertz CT molecular complexity index is 584. The lowest BCUT2D eigenvalue weighted by Crippen LogP contribution is -2.66. The van der Waals surface area contributed by atoms with E-state index >= 15 is 0 Å². The highest BCUT2D eigenvalue weighted by atomic mass is 127. The zero-order valence-corrected chi connectivity index (χ0v) is 18.5. The van der Waals surface area contributed by atoms with E-state index in [0.717, 1.165) is 36.9 Å². The maximum atomic E-state index is 6.04. The highest BCUT2D eigenvalue weighted by Crippen LogP contribution is 2.53. The zero-order chi connectivity index (χ0) is 17.7. The van der Waals surface area contributed by atoms with Crippen LogP contribution in [0.4, 0.5) is 0 Å². The van der Waals surface area contributed by atoms with Gasteiger partial charge in [-0.25, -0.2) is 0 Å². The van der Waals surface area contributed by atoms with Crippen molar-refractivity contribution in [2.24, 2.45) is 10.4 Å². The van der Waals surface area contributed by atoms with Crippen LogP contribution in [0.25, 0.3) is 0 Å². The van der Waals surface area contributed by atoms with Gasteiger partial charge < -0.3 is 19.9 Å². The van der Waals surface area contributed by atoms with Crippen molar-refractivity contribution in [1.82, 2.24) is 15.8 Å². The number of aromatic nitrogens is 1. The van der Waals surface area contributed by atoms with Gasteiger partial charge in [-0.05, 0) is 32.6 Å². The third kappa shape index (κ3) is 4.52. The molecule has 0 aliphatic heterocycles. The topological polar surface area (TPSA) is 71.7 Å². The van der Waals surface area contributed by atoms with Crippen molar-refractivity contribution in [2.45, 2.75) is 77.5 Å². The summed E-state index contributed by atoms with van der Waals surface area (Å²) in [5.41, 5.74) is 1.27. The SMILES string of the molecule is CCOC1CC(NC(=NC)NCc2cc(CC)no2)C12CCCCC2.I. The van der Waals surface area contributed by atoms with Gasteiger partial charge in [0.15, 0.2) is 11.7 Å². The Kier molecular flexibility index (Phi) is 8.19. The van der Waals surface area contributed by atoms with Crippen molar-refractivity contribution in [3.05, 3.63) is 17.5 Å². The highest BCUT2D eigenvalue weighted by Gasteiger charge is 2.55. The second-order valence-electron chi connectivity index (χ2n) is 7.23. The molecule has 1 aromatic rings. The summed E-state index contributed by atoms with van der Waals surface area (Å²) < 4.78 is 11.4. The van der Waals surface area contributed by atoms with Crippen molar-refractivity contribution >= 4 is 29.9 Å². The van der Waals surface area contributed by atoms with E-state index in [0.29, 0.717) is 18.7 Å². The summed E-state index contributed by atoms with van der Waals surface area (Å²) in [6, 6.07) is 2.44. The molecule has 2 fully saturated rings. The molecule has 2 atom stereocenters. The van der Waals surface area contributed by atoms with Crippen LogP contribution < -0.4 is 10.6 Å². The number of aryl methyl sites for hydroxylation is 1. The van der Waals surface area contributed by atoms with Crippen LogP contribution in [-0.2, 0) is 17.7 Å². The molecule has 0 saturated heterocycles. The average molecular weight is 476 g/mol. The number of halogens is 1. The molecule has 1 spiro atoms. The molecular formula is C19H33IN4O2. The Balaban J connectivity index is 0.00000243. The Morgan fingerprint density at radius 3 is 2.73 bits per heavy atom. The lowest BCUT2D eigenvalue weighted by molar-refractivity contribution is -0.145. The molecule has 26 heavy (non-hydrogen) atoms. The summed E-state index contributed by atoms with van der Waals surface area (Å²) in [7, 11) is 1.82. The smallest absolute Gasteiger partial charge is 0.191 e. The quantitative estimate of drug-likeness (QED) is 0.373. The highest BCUT2D eigenvalue weighted by molar-refractivity contribution is 14.0. The zero-order valence-electron chi connectivity index (χ0n) is 16.2. The van der Waals surface area contributed by atoms with Gasteiger partial charge in [0.05, 0.1) is 18.3 Å². The number of ether oxygens (including phenoxy) is 1. The van der Waals surface area contributed by atoms with E-state index in [1.807, 2.05) is 13.1 Å². The third-order valence-electron chi connectivity index (χ3n) is 5.87. The summed E-state index contributed by atoms with van der Waals surface area (Å²) in [4.78, 5) is 4.39. The van der Waals surface area contributed by atoms with Crippen LogP contribution in [0.3, 0.4) is 0 Å². The Morgan fingerprint density at radius 1 is 1.35 bits per heavy atom. The fraction of sp³-hybridized carbons (Fsp3) is 0.789. The van der Waals surface area contributed by atoms with Gasteiger partial charge in [-0.2, -0.15) is 0 Å². The number of nitrogens with one attached hydrogen (secondary N) is 2. The first kappa shape index (κ1) is 21.5. The number of hydrogen-bond acceptors (Lipinski definition) is 4. The number of aliphatic imine (C=N–C) groups is 1. The van der Waals surface area contributed by atoms with Crippen LogP contribution in [0.1, 0.15) is 63.8 Å². The van der Waals surface area contributed by atoms with E-state index in [2.05, 4.69) is 34.6 Å². The summed E-state index contributed by atoms with van der Waals surface area (Å²) in [5, 5.41) is 11.0. The van der Waals surface area contributed by atoms with Gasteiger partial charge >= 0.3 is 0 Å². The largest absolute Gasteiger partial charge is 0.378 e. The molecule has 2 unspecified atom stereocenters. The minimum atomic E-state index is 0. The Labute approximate surface area is 173 Å². The number of rotatable bonds is 6. The van der Waals surface area contributed by atoms with E-state index in [4.69, 9.17) is 9.26 Å². The fourth-order valence-corrected chi connectivity index (χ4v) is 4.40. The van der Waals surface area contributed by atoms with Crippen molar-refractivity contribution in [3.8, 4) is 0 Å². The van der Waals surface area contributed by atoms with Crippen molar-refractivity contribution < 1.29 is 9.26 Å². The van der Waals surface area contributed by atoms with Crippen molar-refractivity contribution in [1.29, 1.82) is 0 Å². The monoisotopic (exact) mass is 476 g/mol. The van der Waals surface area contributed by atoms with Crippen LogP contribution in [0.5, 0.6) is 0 Å². The Hall–Kier alpha value is -0.830. The average Bonchev–Trinajstić information content (AvgIpc) is 3.12. The standard InChI is InChI=1S/C19H32N4O2.HI/c1-4-14-11-15(25-23-14)13-21-18(20-3)22-16-12-17(24-5-2)19(16)9-7-6-8-10-19;/h11,16-17H,4-10,12-13H2,1-3H3,(H2,20,21,22);1H. The normalized spacial score (nSPS) is 24.7. The van der Waals surface area contributed by atoms with Gasteiger partial charge in [-0.15, -0.1) is 24.0 Å². The molecule has 0 aromatic carbocycles. The molecule has 7 heteroatoms. The van der Waals surface area contributed by atoms with Crippen LogP contribution in [-0.4, -0.2) is 36.9 Å². The van der Waals surface area contributed by atoms with Crippen LogP contribution in [0.15, 0.2) is 15.6 Å². The molecule has 3 rings (SSSR count). The van der Waals surface area contributed by atoms with Gasteiger partial charge in [0.2, 0.25) is 0 Å². The first-order valence-electron chi connectivity index (χ1n) is 9.75. The molecule has 2 N–H and O–H groups in total.